The molecular formula is C20H21N3O3. The van der Waals surface area contributed by atoms with Gasteiger partial charge in [0.15, 0.2) is 0 Å². The first kappa shape index (κ1) is 17.7. The van der Waals surface area contributed by atoms with Crippen LogP contribution in [0.1, 0.15) is 28.6 Å². The van der Waals surface area contributed by atoms with Gasteiger partial charge in [-0.15, -0.1) is 0 Å². The van der Waals surface area contributed by atoms with Gasteiger partial charge in [-0.2, -0.15) is 0 Å². The van der Waals surface area contributed by atoms with Crippen molar-refractivity contribution in [3.63, 3.8) is 0 Å². The highest BCUT2D eigenvalue weighted by molar-refractivity contribution is 6.00. The third-order valence-corrected chi connectivity index (χ3v) is 4.14. The molecule has 6 heteroatoms. The number of hydrogen-bond acceptors (Lipinski definition) is 5. The van der Waals surface area contributed by atoms with Crippen LogP contribution < -0.4 is 10.1 Å². The van der Waals surface area contributed by atoms with E-state index in [1.807, 2.05) is 31.2 Å². The van der Waals surface area contributed by atoms with Crippen LogP contribution in [0.15, 0.2) is 53.3 Å². The summed E-state index contributed by atoms with van der Waals surface area (Å²) < 4.78 is 10.6. The van der Waals surface area contributed by atoms with Crippen LogP contribution in [-0.2, 0) is 6.42 Å². The van der Waals surface area contributed by atoms with E-state index in [4.69, 9.17) is 9.26 Å². The lowest BCUT2D eigenvalue weighted by Crippen LogP contribution is -2.34. The molecule has 2 heterocycles. The Morgan fingerprint density at radius 2 is 1.96 bits per heavy atom. The van der Waals surface area contributed by atoms with Gasteiger partial charge in [-0.1, -0.05) is 23.4 Å². The van der Waals surface area contributed by atoms with Gasteiger partial charge < -0.3 is 14.6 Å². The van der Waals surface area contributed by atoms with Crippen LogP contribution in [0.3, 0.4) is 0 Å². The second kappa shape index (κ2) is 7.82. The van der Waals surface area contributed by atoms with E-state index in [1.54, 1.807) is 38.6 Å². The first-order chi connectivity index (χ1) is 12.6. The van der Waals surface area contributed by atoms with Crippen LogP contribution in [0.25, 0.3) is 11.3 Å². The third kappa shape index (κ3) is 3.74. The number of para-hydroxylation sites is 1. The molecule has 0 spiro atoms. The Balaban J connectivity index is 1.77. The fraction of sp³-hybridized carbons (Fsp3) is 0.250. The molecule has 0 aliphatic rings. The average molecular weight is 351 g/mol. The van der Waals surface area contributed by atoms with Gasteiger partial charge in [0.2, 0.25) is 0 Å². The molecule has 6 nitrogen and oxygen atoms in total. The summed E-state index contributed by atoms with van der Waals surface area (Å²) in [4.78, 5) is 16.8. The van der Waals surface area contributed by atoms with Crippen LogP contribution in [0, 0.1) is 6.92 Å². The van der Waals surface area contributed by atoms with Crippen molar-refractivity contribution in [3.05, 3.63) is 65.7 Å². The van der Waals surface area contributed by atoms with E-state index >= 15 is 0 Å². The minimum absolute atomic E-state index is 0.0848. The lowest BCUT2D eigenvalue weighted by Gasteiger charge is -2.16. The second-order valence-electron chi connectivity index (χ2n) is 6.09. The zero-order valence-corrected chi connectivity index (χ0v) is 15.0. The van der Waals surface area contributed by atoms with E-state index in [0.717, 1.165) is 16.9 Å². The number of amides is 1. The molecule has 1 aromatic carbocycles. The molecule has 1 unspecified atom stereocenters. The van der Waals surface area contributed by atoms with Crippen molar-refractivity contribution in [1.29, 1.82) is 0 Å². The average Bonchev–Trinajstić information content (AvgIpc) is 3.04. The molecule has 0 bridgehead atoms. The molecule has 0 fully saturated rings. The summed E-state index contributed by atoms with van der Waals surface area (Å²) in [6.45, 7) is 3.69. The van der Waals surface area contributed by atoms with Gasteiger partial charge in [0, 0.05) is 24.0 Å². The van der Waals surface area contributed by atoms with Gasteiger partial charge in [-0.05, 0) is 44.0 Å². The van der Waals surface area contributed by atoms with Crippen LogP contribution in [-0.4, -0.2) is 29.2 Å². The van der Waals surface area contributed by atoms with Crippen molar-refractivity contribution in [3.8, 4) is 17.0 Å². The molecule has 3 aromatic rings. The molecule has 2 aromatic heterocycles. The predicted molar refractivity (Wildman–Crippen MR) is 98.1 cm³/mol. The number of aromatic nitrogens is 2. The molecule has 0 aliphatic heterocycles. The predicted octanol–water partition coefficient (Wildman–Crippen LogP) is 3.41. The number of hydrogen-bond donors (Lipinski definition) is 1. The van der Waals surface area contributed by atoms with E-state index in [-0.39, 0.29) is 11.9 Å². The zero-order valence-electron chi connectivity index (χ0n) is 15.0. The highest BCUT2D eigenvalue weighted by atomic mass is 16.5. The molecule has 3 rings (SSSR count). The summed E-state index contributed by atoms with van der Waals surface area (Å²) in [5.41, 5.74) is 2.80. The number of nitrogens with zero attached hydrogens (tertiary/aromatic N) is 2. The van der Waals surface area contributed by atoms with Crippen LogP contribution in [0.2, 0.25) is 0 Å². The molecular weight excluding hydrogens is 330 g/mol. The number of carbonyl (C=O) groups excluding carboxylic acids is 1. The van der Waals surface area contributed by atoms with Gasteiger partial charge in [0.1, 0.15) is 22.8 Å². The Morgan fingerprint density at radius 3 is 2.69 bits per heavy atom. The maximum absolute atomic E-state index is 12.8. The van der Waals surface area contributed by atoms with E-state index in [1.165, 1.54) is 0 Å². The van der Waals surface area contributed by atoms with E-state index in [9.17, 15) is 4.79 Å². The number of methoxy groups -OCH3 is 1. The number of nitrogens with one attached hydrogen (secondary N) is 1. The number of carbonyl (C=O) groups is 1. The lowest BCUT2D eigenvalue weighted by atomic mass is 10.0. The fourth-order valence-corrected chi connectivity index (χ4v) is 2.89. The first-order valence-corrected chi connectivity index (χ1v) is 8.39. The number of aryl methyl sites for hydroxylation is 1. The summed E-state index contributed by atoms with van der Waals surface area (Å²) in [5.74, 6) is 1.09. The Labute approximate surface area is 152 Å². The normalized spacial score (nSPS) is 11.8. The molecule has 1 atom stereocenters. The summed E-state index contributed by atoms with van der Waals surface area (Å²) in [7, 11) is 1.64. The first-order valence-electron chi connectivity index (χ1n) is 8.39. The van der Waals surface area contributed by atoms with Gasteiger partial charge in [-0.3, -0.25) is 9.78 Å². The monoisotopic (exact) mass is 351 g/mol. The van der Waals surface area contributed by atoms with Crippen molar-refractivity contribution in [2.75, 3.05) is 7.11 Å². The summed E-state index contributed by atoms with van der Waals surface area (Å²) in [5, 5.41) is 7.07. The lowest BCUT2D eigenvalue weighted by molar-refractivity contribution is 0.0939. The molecule has 0 radical (unpaired) electrons. The van der Waals surface area contributed by atoms with E-state index in [2.05, 4.69) is 15.5 Å². The topological polar surface area (TPSA) is 77.2 Å². The molecule has 1 amide bonds. The van der Waals surface area contributed by atoms with Crippen molar-refractivity contribution in [2.24, 2.45) is 0 Å². The van der Waals surface area contributed by atoms with Crippen molar-refractivity contribution in [2.45, 2.75) is 26.3 Å². The smallest absolute Gasteiger partial charge is 0.257 e. The van der Waals surface area contributed by atoms with Gasteiger partial charge in [0.05, 0.1) is 7.11 Å². The van der Waals surface area contributed by atoms with Gasteiger partial charge >= 0.3 is 0 Å². The molecule has 134 valence electrons. The van der Waals surface area contributed by atoms with Crippen LogP contribution in [0.5, 0.6) is 5.75 Å². The van der Waals surface area contributed by atoms with E-state index < -0.39 is 0 Å². The highest BCUT2D eigenvalue weighted by Crippen LogP contribution is 2.25. The third-order valence-electron chi connectivity index (χ3n) is 4.14. The highest BCUT2D eigenvalue weighted by Gasteiger charge is 2.23. The number of benzene rings is 1. The van der Waals surface area contributed by atoms with Crippen LogP contribution in [0.4, 0.5) is 0 Å². The van der Waals surface area contributed by atoms with Crippen LogP contribution >= 0.6 is 0 Å². The Kier molecular flexibility index (Phi) is 5.31. The summed E-state index contributed by atoms with van der Waals surface area (Å²) in [6.07, 6.45) is 3.97. The second-order valence-corrected chi connectivity index (χ2v) is 6.09. The van der Waals surface area contributed by atoms with Crippen molar-refractivity contribution < 1.29 is 14.1 Å². The maximum Gasteiger partial charge on any atom is 0.257 e. The maximum atomic E-state index is 12.8. The molecule has 0 aliphatic carbocycles. The summed E-state index contributed by atoms with van der Waals surface area (Å²) in [6, 6.07) is 11.3. The van der Waals surface area contributed by atoms with Crippen molar-refractivity contribution >= 4 is 5.91 Å². The van der Waals surface area contributed by atoms with Gasteiger partial charge in [0.25, 0.3) is 5.91 Å². The standard InChI is InChI=1S/C20H21N3O3/c1-13(12-16-6-4-5-7-17(16)25-3)22-20(24)18-14(2)26-23-19(18)15-8-10-21-11-9-15/h4-11,13H,12H2,1-3H3,(H,22,24). The number of rotatable bonds is 6. The fourth-order valence-electron chi connectivity index (χ4n) is 2.89. The largest absolute Gasteiger partial charge is 0.496 e. The quantitative estimate of drug-likeness (QED) is 0.736. The molecule has 26 heavy (non-hydrogen) atoms. The Hall–Kier alpha value is -3.15. The number of ether oxygens (including phenoxy) is 1. The number of pyridine rings is 1. The minimum atomic E-state index is -0.210. The van der Waals surface area contributed by atoms with Gasteiger partial charge in [-0.25, -0.2) is 0 Å². The minimum Gasteiger partial charge on any atom is -0.496 e. The molecule has 0 saturated heterocycles. The Morgan fingerprint density at radius 1 is 1.23 bits per heavy atom. The zero-order chi connectivity index (χ0) is 18.5. The molecule has 0 saturated carbocycles. The van der Waals surface area contributed by atoms with E-state index in [0.29, 0.717) is 23.4 Å². The summed E-state index contributed by atoms with van der Waals surface area (Å²) >= 11 is 0. The SMILES string of the molecule is COc1ccccc1CC(C)NC(=O)c1c(-c2ccncc2)noc1C. The Bertz CT molecular complexity index is 890. The molecule has 1 N–H and O–H groups in total. The van der Waals surface area contributed by atoms with Crippen molar-refractivity contribution in [1.82, 2.24) is 15.5 Å².